The predicted molar refractivity (Wildman–Crippen MR) is 57.6 cm³/mol. The summed E-state index contributed by atoms with van der Waals surface area (Å²) in [7, 11) is 0. The van der Waals surface area contributed by atoms with E-state index in [1.54, 1.807) is 23.0 Å². The van der Waals surface area contributed by atoms with Crippen LogP contribution in [0.25, 0.3) is 11.2 Å². The van der Waals surface area contributed by atoms with Crippen LogP contribution >= 0.6 is 0 Å². The molecule has 2 aromatic rings. The fourth-order valence-electron chi connectivity index (χ4n) is 2.09. The first-order valence-corrected chi connectivity index (χ1v) is 5.10. The molecule has 0 bridgehead atoms. The number of aromatic nitrogens is 3. The third kappa shape index (κ3) is 1.21. The highest BCUT2D eigenvalue weighted by Gasteiger charge is 2.12. The van der Waals surface area contributed by atoms with Crippen molar-refractivity contribution in [1.29, 1.82) is 0 Å². The van der Waals surface area contributed by atoms with Gasteiger partial charge in [-0.2, -0.15) is 0 Å². The summed E-state index contributed by atoms with van der Waals surface area (Å²) >= 11 is 0. The molecule has 4 nitrogen and oxygen atoms in total. The van der Waals surface area contributed by atoms with Gasteiger partial charge in [-0.3, -0.25) is 4.40 Å². The number of allylic oxidation sites excluding steroid dienone is 2. The summed E-state index contributed by atoms with van der Waals surface area (Å²) in [6.07, 6.45) is 10.7. The molecule has 4 heteroatoms. The first-order chi connectivity index (χ1) is 7.36. The van der Waals surface area contributed by atoms with Crippen molar-refractivity contribution in [2.45, 2.75) is 19.3 Å². The second-order valence-corrected chi connectivity index (χ2v) is 3.75. The molecule has 0 spiro atoms. The van der Waals surface area contributed by atoms with E-state index in [1.807, 2.05) is 0 Å². The van der Waals surface area contributed by atoms with Crippen LogP contribution in [0.1, 0.15) is 24.8 Å². The summed E-state index contributed by atoms with van der Waals surface area (Å²) in [4.78, 5) is 18.4. The van der Waals surface area contributed by atoms with E-state index in [2.05, 4.69) is 16.0 Å². The van der Waals surface area contributed by atoms with E-state index in [9.17, 15) is 4.79 Å². The van der Waals surface area contributed by atoms with Crippen molar-refractivity contribution in [2.75, 3.05) is 0 Å². The van der Waals surface area contributed by atoms with E-state index in [1.165, 1.54) is 12.0 Å². The van der Waals surface area contributed by atoms with Crippen LogP contribution in [0.3, 0.4) is 0 Å². The van der Waals surface area contributed by atoms with Crippen molar-refractivity contribution in [3.05, 3.63) is 40.7 Å². The lowest BCUT2D eigenvalue weighted by Gasteiger charge is -2.03. The summed E-state index contributed by atoms with van der Waals surface area (Å²) in [5.41, 5.74) is 2.97. The van der Waals surface area contributed by atoms with Crippen molar-refractivity contribution in [3.63, 3.8) is 0 Å². The van der Waals surface area contributed by atoms with Crippen LogP contribution in [-0.2, 0) is 0 Å². The molecule has 0 radical (unpaired) electrons. The maximum atomic E-state index is 11.5. The number of hydrogen-bond acceptors (Lipinski definition) is 2. The van der Waals surface area contributed by atoms with E-state index in [4.69, 9.17) is 0 Å². The molecule has 0 unspecified atom stereocenters. The van der Waals surface area contributed by atoms with Crippen molar-refractivity contribution in [3.8, 4) is 0 Å². The largest absolute Gasteiger partial charge is 0.331 e. The van der Waals surface area contributed by atoms with Gasteiger partial charge in [0.25, 0.3) is 0 Å². The Morgan fingerprint density at radius 1 is 1.47 bits per heavy atom. The van der Waals surface area contributed by atoms with E-state index in [-0.39, 0.29) is 5.69 Å². The summed E-state index contributed by atoms with van der Waals surface area (Å²) < 4.78 is 1.55. The zero-order chi connectivity index (χ0) is 10.3. The van der Waals surface area contributed by atoms with Gasteiger partial charge in [0.2, 0.25) is 0 Å². The van der Waals surface area contributed by atoms with E-state index >= 15 is 0 Å². The molecule has 0 saturated heterocycles. The Morgan fingerprint density at radius 2 is 2.40 bits per heavy atom. The van der Waals surface area contributed by atoms with Gasteiger partial charge in [-0.05, 0) is 24.8 Å². The topological polar surface area (TPSA) is 50.2 Å². The Morgan fingerprint density at radius 3 is 3.20 bits per heavy atom. The molecule has 0 aliphatic heterocycles. The predicted octanol–water partition coefficient (Wildman–Crippen LogP) is 1.59. The molecule has 0 aromatic carbocycles. The molecular weight excluding hydrogens is 190 g/mol. The Labute approximate surface area is 86.3 Å². The van der Waals surface area contributed by atoms with Crippen molar-refractivity contribution in [1.82, 2.24) is 14.4 Å². The Kier molecular flexibility index (Phi) is 1.74. The van der Waals surface area contributed by atoms with Gasteiger partial charge in [0, 0.05) is 24.2 Å². The summed E-state index contributed by atoms with van der Waals surface area (Å²) in [6, 6.07) is 0. The molecule has 0 amide bonds. The van der Waals surface area contributed by atoms with Gasteiger partial charge < -0.3 is 4.98 Å². The van der Waals surface area contributed by atoms with Crippen LogP contribution in [0.2, 0.25) is 0 Å². The average molecular weight is 201 g/mol. The van der Waals surface area contributed by atoms with Crippen molar-refractivity contribution < 1.29 is 0 Å². The summed E-state index contributed by atoms with van der Waals surface area (Å²) in [5.74, 6) is 0. The van der Waals surface area contributed by atoms with Gasteiger partial charge in [-0.15, -0.1) is 0 Å². The van der Waals surface area contributed by atoms with Crippen LogP contribution in [0, 0.1) is 0 Å². The first-order valence-electron chi connectivity index (χ1n) is 5.10. The molecule has 2 heterocycles. The first kappa shape index (κ1) is 8.47. The normalized spacial score (nSPS) is 15.9. The zero-order valence-electron chi connectivity index (χ0n) is 8.23. The summed E-state index contributed by atoms with van der Waals surface area (Å²) in [6.45, 7) is 0. The standard InChI is InChI=1S/C11H11N3O/c15-11-13-7-9(8-3-1-2-4-8)10-12-5-6-14(10)11/h3,5-7H,1-2,4H2,(H,13,15). The molecule has 1 N–H and O–H groups in total. The molecular formula is C11H11N3O. The molecule has 0 atom stereocenters. The van der Waals surface area contributed by atoms with Crippen molar-refractivity contribution in [2.24, 2.45) is 0 Å². The van der Waals surface area contributed by atoms with Gasteiger partial charge in [-0.1, -0.05) is 6.08 Å². The lowest BCUT2D eigenvalue weighted by Crippen LogP contribution is -2.15. The van der Waals surface area contributed by atoms with Crippen LogP contribution < -0.4 is 5.69 Å². The Balaban J connectivity index is 2.31. The number of imidazole rings is 1. The number of nitrogens with zero attached hydrogens (tertiary/aromatic N) is 2. The van der Waals surface area contributed by atoms with Crippen LogP contribution in [0.4, 0.5) is 0 Å². The van der Waals surface area contributed by atoms with Gasteiger partial charge in [-0.25, -0.2) is 9.78 Å². The second-order valence-electron chi connectivity index (χ2n) is 3.75. The van der Waals surface area contributed by atoms with Gasteiger partial charge in [0.05, 0.1) is 0 Å². The van der Waals surface area contributed by atoms with Crippen LogP contribution in [0.15, 0.2) is 29.5 Å². The maximum absolute atomic E-state index is 11.5. The molecule has 0 saturated carbocycles. The van der Waals surface area contributed by atoms with E-state index in [0.717, 1.165) is 24.1 Å². The molecule has 76 valence electrons. The zero-order valence-corrected chi connectivity index (χ0v) is 8.23. The molecule has 15 heavy (non-hydrogen) atoms. The van der Waals surface area contributed by atoms with Gasteiger partial charge in [0.15, 0.2) is 0 Å². The molecule has 2 aromatic heterocycles. The number of nitrogens with one attached hydrogen (secondary N) is 1. The molecule has 3 rings (SSSR count). The lowest BCUT2D eigenvalue weighted by atomic mass is 10.1. The quantitative estimate of drug-likeness (QED) is 0.761. The number of rotatable bonds is 1. The fraction of sp³-hybridized carbons (Fsp3) is 0.273. The molecule has 1 aliphatic carbocycles. The second kappa shape index (κ2) is 3.08. The highest BCUT2D eigenvalue weighted by molar-refractivity contribution is 5.76. The monoisotopic (exact) mass is 201 g/mol. The maximum Gasteiger partial charge on any atom is 0.331 e. The molecule has 0 fully saturated rings. The van der Waals surface area contributed by atoms with Gasteiger partial charge in [0.1, 0.15) is 5.65 Å². The average Bonchev–Trinajstić information content (AvgIpc) is 2.88. The highest BCUT2D eigenvalue weighted by atomic mass is 16.1. The SMILES string of the molecule is O=c1[nH]cc(C2=CCCC2)c2nccn12. The fourth-order valence-corrected chi connectivity index (χ4v) is 2.09. The van der Waals surface area contributed by atoms with Crippen LogP contribution in [-0.4, -0.2) is 14.4 Å². The third-order valence-corrected chi connectivity index (χ3v) is 2.83. The summed E-state index contributed by atoms with van der Waals surface area (Å²) in [5, 5.41) is 0. The van der Waals surface area contributed by atoms with Crippen LogP contribution in [0.5, 0.6) is 0 Å². The van der Waals surface area contributed by atoms with Gasteiger partial charge >= 0.3 is 5.69 Å². The lowest BCUT2D eigenvalue weighted by molar-refractivity contribution is 0.931. The number of H-pyrrole nitrogens is 1. The molecule has 1 aliphatic rings. The smallest absolute Gasteiger partial charge is 0.313 e. The minimum atomic E-state index is -0.134. The van der Waals surface area contributed by atoms with E-state index < -0.39 is 0 Å². The third-order valence-electron chi connectivity index (χ3n) is 2.83. The number of aromatic amines is 1. The number of fused-ring (bicyclic) bond motifs is 1. The number of hydrogen-bond donors (Lipinski definition) is 1. The van der Waals surface area contributed by atoms with E-state index in [0.29, 0.717) is 0 Å². The minimum Gasteiger partial charge on any atom is -0.313 e. The Hall–Kier alpha value is -1.84. The van der Waals surface area contributed by atoms with Crippen molar-refractivity contribution >= 4 is 11.2 Å². The Bertz CT molecular complexity index is 591. The highest BCUT2D eigenvalue weighted by Crippen LogP contribution is 2.28. The minimum absolute atomic E-state index is 0.134.